The van der Waals surface area contributed by atoms with Crippen molar-refractivity contribution in [1.82, 2.24) is 4.98 Å². The van der Waals surface area contributed by atoms with Gasteiger partial charge >= 0.3 is 0 Å². The van der Waals surface area contributed by atoms with Crippen LogP contribution in [0.3, 0.4) is 0 Å². The zero-order valence-corrected chi connectivity index (χ0v) is 14.2. The lowest BCUT2D eigenvalue weighted by Gasteiger charge is -2.25. The van der Waals surface area contributed by atoms with Gasteiger partial charge in [-0.05, 0) is 54.0 Å². The first kappa shape index (κ1) is 14.6. The van der Waals surface area contributed by atoms with Gasteiger partial charge in [-0.1, -0.05) is 23.5 Å². The van der Waals surface area contributed by atoms with E-state index >= 15 is 0 Å². The molecule has 5 nitrogen and oxygen atoms in total. The molecule has 0 bridgehead atoms. The van der Waals surface area contributed by atoms with E-state index in [1.54, 1.807) is 0 Å². The molecule has 0 spiro atoms. The molecule has 1 fully saturated rings. The second kappa shape index (κ2) is 6.18. The second-order valence-electron chi connectivity index (χ2n) is 4.94. The first-order valence-corrected chi connectivity index (χ1v) is 8.62. The van der Waals surface area contributed by atoms with Crippen molar-refractivity contribution in [2.24, 2.45) is 0 Å². The average molecular weight is 414 g/mol. The van der Waals surface area contributed by atoms with Gasteiger partial charge in [-0.3, -0.25) is 4.79 Å². The molecule has 0 radical (unpaired) electrons. The van der Waals surface area contributed by atoms with Crippen LogP contribution in [0.5, 0.6) is 0 Å². The number of nitrogen functional groups attached to an aromatic ring is 1. The summed E-state index contributed by atoms with van der Waals surface area (Å²) < 4.78 is 0.986. The summed E-state index contributed by atoms with van der Waals surface area (Å²) in [6.45, 7) is 0. The Hall–Kier alpha value is -1.35. The van der Waals surface area contributed by atoms with E-state index in [2.05, 4.69) is 38.2 Å². The molecular formula is C14H15IN4OS. The molecule has 21 heavy (non-hydrogen) atoms. The molecule has 4 N–H and O–H groups in total. The number of carbonyl (C=O) groups is 1. The molecule has 3 rings (SSSR count). The largest absolute Gasteiger partial charge is 0.382 e. The summed E-state index contributed by atoms with van der Waals surface area (Å²) in [5.41, 5.74) is 6.65. The van der Waals surface area contributed by atoms with Gasteiger partial charge in [-0.25, -0.2) is 4.98 Å². The van der Waals surface area contributed by atoms with Gasteiger partial charge in [0.1, 0.15) is 10.7 Å². The molecule has 1 aliphatic rings. The number of nitrogens with zero attached hydrogens (tertiary/aromatic N) is 1. The Labute approximate surface area is 140 Å². The molecule has 0 aliphatic heterocycles. The van der Waals surface area contributed by atoms with Crippen molar-refractivity contribution >= 4 is 56.5 Å². The number of nitrogens with one attached hydrogen (secondary N) is 2. The third-order valence-corrected chi connectivity index (χ3v) is 5.36. The summed E-state index contributed by atoms with van der Waals surface area (Å²) in [6, 6.07) is 8.10. The number of halogens is 1. The molecule has 0 saturated heterocycles. The Kier molecular flexibility index (Phi) is 4.29. The lowest BCUT2D eigenvalue weighted by atomic mass is 9.93. The minimum atomic E-state index is -0.212. The lowest BCUT2D eigenvalue weighted by Crippen LogP contribution is -2.26. The van der Waals surface area contributed by atoms with Crippen molar-refractivity contribution < 1.29 is 4.79 Å². The highest BCUT2D eigenvalue weighted by atomic mass is 127. The van der Waals surface area contributed by atoms with Crippen LogP contribution in [0.2, 0.25) is 0 Å². The van der Waals surface area contributed by atoms with Crippen LogP contribution in [0.25, 0.3) is 0 Å². The Morgan fingerprint density at radius 2 is 2.14 bits per heavy atom. The van der Waals surface area contributed by atoms with Crippen molar-refractivity contribution in [3.63, 3.8) is 0 Å². The van der Waals surface area contributed by atoms with E-state index < -0.39 is 0 Å². The Balaban J connectivity index is 1.73. The fraction of sp³-hybridized carbons (Fsp3) is 0.286. The highest BCUT2D eigenvalue weighted by Gasteiger charge is 2.21. The Morgan fingerprint density at radius 1 is 1.38 bits per heavy atom. The number of para-hydroxylation sites is 1. The van der Waals surface area contributed by atoms with Crippen molar-refractivity contribution in [2.75, 3.05) is 16.4 Å². The molecule has 1 saturated carbocycles. The fourth-order valence-electron chi connectivity index (χ4n) is 2.03. The smallest absolute Gasteiger partial charge is 0.269 e. The highest BCUT2D eigenvalue weighted by molar-refractivity contribution is 14.1. The summed E-state index contributed by atoms with van der Waals surface area (Å²) in [7, 11) is 0. The molecule has 1 aromatic carbocycles. The SMILES string of the molecule is Nc1nc(NC2CCC2)sc1C(=O)Nc1ccccc1I. The average Bonchev–Trinajstić information content (AvgIpc) is 2.78. The maximum atomic E-state index is 12.3. The van der Waals surface area contributed by atoms with Gasteiger partial charge in [0.15, 0.2) is 5.13 Å². The number of aromatic nitrogens is 1. The minimum absolute atomic E-state index is 0.212. The van der Waals surface area contributed by atoms with Crippen LogP contribution in [0.1, 0.15) is 28.9 Å². The normalized spacial score (nSPS) is 14.5. The lowest BCUT2D eigenvalue weighted by molar-refractivity contribution is 0.103. The highest BCUT2D eigenvalue weighted by Crippen LogP contribution is 2.30. The summed E-state index contributed by atoms with van der Waals surface area (Å²) in [5.74, 6) is 0.0704. The van der Waals surface area contributed by atoms with Crippen molar-refractivity contribution in [3.05, 3.63) is 32.7 Å². The molecule has 1 heterocycles. The zero-order chi connectivity index (χ0) is 14.8. The van der Waals surface area contributed by atoms with Crippen LogP contribution in [0.4, 0.5) is 16.6 Å². The number of amides is 1. The number of hydrogen-bond donors (Lipinski definition) is 3. The van der Waals surface area contributed by atoms with E-state index in [4.69, 9.17) is 5.73 Å². The summed E-state index contributed by atoms with van der Waals surface area (Å²) in [4.78, 5) is 17.0. The third kappa shape index (κ3) is 3.29. The number of nitrogens with two attached hydrogens (primary N) is 1. The van der Waals surface area contributed by atoms with Crippen molar-refractivity contribution in [3.8, 4) is 0 Å². The predicted octanol–water partition coefficient (Wildman–Crippen LogP) is 3.55. The quantitative estimate of drug-likeness (QED) is 0.669. The third-order valence-electron chi connectivity index (χ3n) is 3.41. The fourth-order valence-corrected chi connectivity index (χ4v) is 3.40. The summed E-state index contributed by atoms with van der Waals surface area (Å²) >= 11 is 3.49. The molecule has 0 unspecified atom stereocenters. The van der Waals surface area contributed by atoms with Gasteiger partial charge in [0.05, 0.1) is 5.69 Å². The van der Waals surface area contributed by atoms with E-state index in [0.29, 0.717) is 10.9 Å². The number of benzene rings is 1. The van der Waals surface area contributed by atoms with Crippen LogP contribution in [-0.4, -0.2) is 16.9 Å². The van der Waals surface area contributed by atoms with E-state index in [1.807, 2.05) is 24.3 Å². The summed E-state index contributed by atoms with van der Waals surface area (Å²) in [6.07, 6.45) is 3.56. The molecule has 0 atom stereocenters. The topological polar surface area (TPSA) is 80.0 Å². The molecule has 1 aliphatic carbocycles. The first-order valence-electron chi connectivity index (χ1n) is 6.72. The number of carbonyl (C=O) groups excluding carboxylic acids is 1. The number of anilines is 3. The van der Waals surface area contributed by atoms with Crippen LogP contribution in [0, 0.1) is 3.57 Å². The van der Waals surface area contributed by atoms with E-state index in [9.17, 15) is 4.79 Å². The van der Waals surface area contributed by atoms with Gasteiger partial charge in [0.25, 0.3) is 5.91 Å². The van der Waals surface area contributed by atoms with Crippen LogP contribution < -0.4 is 16.4 Å². The number of thiazole rings is 1. The number of rotatable bonds is 4. The van der Waals surface area contributed by atoms with E-state index in [-0.39, 0.29) is 11.7 Å². The van der Waals surface area contributed by atoms with Crippen molar-refractivity contribution in [2.45, 2.75) is 25.3 Å². The Morgan fingerprint density at radius 3 is 2.81 bits per heavy atom. The van der Waals surface area contributed by atoms with Gasteiger partial charge in [0.2, 0.25) is 0 Å². The first-order chi connectivity index (χ1) is 10.1. The molecule has 7 heteroatoms. The van der Waals surface area contributed by atoms with Crippen LogP contribution in [-0.2, 0) is 0 Å². The minimum Gasteiger partial charge on any atom is -0.382 e. The molecule has 1 amide bonds. The summed E-state index contributed by atoms with van der Waals surface area (Å²) in [5, 5.41) is 6.92. The molecular weight excluding hydrogens is 399 g/mol. The zero-order valence-electron chi connectivity index (χ0n) is 11.2. The van der Waals surface area contributed by atoms with Gasteiger partial charge in [-0.2, -0.15) is 0 Å². The molecule has 1 aromatic heterocycles. The number of hydrogen-bond acceptors (Lipinski definition) is 5. The van der Waals surface area contributed by atoms with Gasteiger partial charge < -0.3 is 16.4 Å². The molecule has 2 aromatic rings. The standard InChI is InChI=1S/C14H15IN4OS/c15-9-6-1-2-7-10(9)18-13(20)11-12(16)19-14(21-11)17-8-4-3-5-8/h1-2,6-8H,3-5,16H2,(H,17,19)(H,18,20). The van der Waals surface area contributed by atoms with E-state index in [1.165, 1.54) is 17.8 Å². The Bertz CT molecular complexity index is 669. The molecule has 110 valence electrons. The van der Waals surface area contributed by atoms with Crippen LogP contribution >= 0.6 is 33.9 Å². The van der Waals surface area contributed by atoms with E-state index in [0.717, 1.165) is 27.2 Å². The maximum Gasteiger partial charge on any atom is 0.269 e. The second-order valence-corrected chi connectivity index (χ2v) is 7.10. The van der Waals surface area contributed by atoms with Gasteiger partial charge in [-0.15, -0.1) is 0 Å². The van der Waals surface area contributed by atoms with Crippen LogP contribution in [0.15, 0.2) is 24.3 Å². The van der Waals surface area contributed by atoms with Crippen molar-refractivity contribution in [1.29, 1.82) is 0 Å². The predicted molar refractivity (Wildman–Crippen MR) is 94.9 cm³/mol. The monoisotopic (exact) mass is 414 g/mol. The maximum absolute atomic E-state index is 12.3. The van der Waals surface area contributed by atoms with Gasteiger partial charge in [0, 0.05) is 9.61 Å².